The predicted molar refractivity (Wildman–Crippen MR) is 62.9 cm³/mol. The molecule has 80 valence electrons. The van der Waals surface area contributed by atoms with Gasteiger partial charge in [0.1, 0.15) is 0 Å². The van der Waals surface area contributed by atoms with Crippen LogP contribution in [0.5, 0.6) is 0 Å². The van der Waals surface area contributed by atoms with Crippen molar-refractivity contribution < 1.29 is 4.74 Å². The van der Waals surface area contributed by atoms with Gasteiger partial charge in [0.05, 0.1) is 12.2 Å². The van der Waals surface area contributed by atoms with Gasteiger partial charge in [0.15, 0.2) is 0 Å². The number of hydrogen-bond donors (Lipinski definition) is 0. The van der Waals surface area contributed by atoms with Crippen molar-refractivity contribution in [2.75, 3.05) is 0 Å². The van der Waals surface area contributed by atoms with E-state index in [-0.39, 0.29) is 0 Å². The average Bonchev–Trinajstić information content (AvgIpc) is 2.28. The maximum Gasteiger partial charge on any atom is 0.0762 e. The van der Waals surface area contributed by atoms with Gasteiger partial charge in [0.25, 0.3) is 0 Å². The highest BCUT2D eigenvalue weighted by molar-refractivity contribution is 5.15. The van der Waals surface area contributed by atoms with Crippen LogP contribution in [0.2, 0.25) is 0 Å². The molecule has 1 nitrogen and oxygen atoms in total. The number of hydrogen-bond acceptors (Lipinski definition) is 1. The highest BCUT2D eigenvalue weighted by atomic mass is 16.5. The molecule has 0 amide bonds. The van der Waals surface area contributed by atoms with Crippen LogP contribution in [0.1, 0.15) is 25.3 Å². The number of benzene rings is 1. The highest BCUT2D eigenvalue weighted by Gasteiger charge is 2.13. The molecule has 1 aromatic carbocycles. The van der Waals surface area contributed by atoms with Crippen molar-refractivity contribution in [3.8, 4) is 0 Å². The first-order chi connectivity index (χ1) is 7.34. The van der Waals surface area contributed by atoms with Gasteiger partial charge in [0.2, 0.25) is 0 Å². The van der Waals surface area contributed by atoms with Gasteiger partial charge in [-0.2, -0.15) is 0 Å². The van der Waals surface area contributed by atoms with E-state index >= 15 is 0 Å². The van der Waals surface area contributed by atoms with Crippen molar-refractivity contribution >= 4 is 0 Å². The lowest BCUT2D eigenvalue weighted by Crippen LogP contribution is -2.21. The molecule has 0 saturated carbocycles. The van der Waals surface area contributed by atoms with E-state index in [2.05, 4.69) is 49.4 Å². The summed E-state index contributed by atoms with van der Waals surface area (Å²) >= 11 is 0. The second-order valence-corrected chi connectivity index (χ2v) is 4.17. The first kappa shape index (κ1) is 10.4. The van der Waals surface area contributed by atoms with Gasteiger partial charge in [-0.25, -0.2) is 0 Å². The Hall–Kier alpha value is -1.08. The fourth-order valence-corrected chi connectivity index (χ4v) is 1.94. The Balaban J connectivity index is 1.83. The molecule has 0 fully saturated rings. The van der Waals surface area contributed by atoms with Gasteiger partial charge in [-0.1, -0.05) is 42.5 Å². The lowest BCUT2D eigenvalue weighted by Gasteiger charge is -2.23. The van der Waals surface area contributed by atoms with Crippen LogP contribution in [0.25, 0.3) is 0 Å². The molecule has 1 aliphatic heterocycles. The Kier molecular flexibility index (Phi) is 3.57. The van der Waals surface area contributed by atoms with Crippen molar-refractivity contribution in [2.24, 2.45) is 0 Å². The third-order valence-corrected chi connectivity index (χ3v) is 2.79. The van der Waals surface area contributed by atoms with Crippen molar-refractivity contribution in [1.82, 2.24) is 0 Å². The SMILES string of the molecule is C[C@@H]1CC=C[C@H](CCc2ccccc2)O1. The highest BCUT2D eigenvalue weighted by Crippen LogP contribution is 2.16. The smallest absolute Gasteiger partial charge is 0.0762 e. The topological polar surface area (TPSA) is 9.23 Å². The van der Waals surface area contributed by atoms with E-state index in [1.54, 1.807) is 0 Å². The average molecular weight is 202 g/mol. The predicted octanol–water partition coefficient (Wildman–Crippen LogP) is 3.35. The van der Waals surface area contributed by atoms with Crippen LogP contribution < -0.4 is 0 Å². The van der Waals surface area contributed by atoms with E-state index < -0.39 is 0 Å². The van der Waals surface area contributed by atoms with Crippen LogP contribution in [0.3, 0.4) is 0 Å². The molecule has 0 aliphatic carbocycles. The normalized spacial score (nSPS) is 25.4. The van der Waals surface area contributed by atoms with Gasteiger partial charge in [-0.05, 0) is 31.7 Å². The third kappa shape index (κ3) is 3.21. The monoisotopic (exact) mass is 202 g/mol. The molecule has 0 N–H and O–H groups in total. The molecular formula is C14H18O. The molecule has 1 heteroatoms. The van der Waals surface area contributed by atoms with E-state index in [4.69, 9.17) is 4.74 Å². The molecule has 1 aromatic rings. The fourth-order valence-electron chi connectivity index (χ4n) is 1.94. The summed E-state index contributed by atoms with van der Waals surface area (Å²) in [4.78, 5) is 0. The lowest BCUT2D eigenvalue weighted by atomic mass is 10.0. The van der Waals surface area contributed by atoms with Crippen LogP contribution in [-0.2, 0) is 11.2 Å². The summed E-state index contributed by atoms with van der Waals surface area (Å²) in [7, 11) is 0. The molecule has 0 aromatic heterocycles. The van der Waals surface area contributed by atoms with E-state index in [0.29, 0.717) is 12.2 Å². The van der Waals surface area contributed by atoms with Crippen LogP contribution in [0, 0.1) is 0 Å². The summed E-state index contributed by atoms with van der Waals surface area (Å²) in [5, 5.41) is 0. The summed E-state index contributed by atoms with van der Waals surface area (Å²) in [5.41, 5.74) is 1.40. The Labute approximate surface area is 91.8 Å². The van der Waals surface area contributed by atoms with Crippen LogP contribution in [-0.4, -0.2) is 12.2 Å². The molecule has 0 radical (unpaired) electrons. The van der Waals surface area contributed by atoms with E-state index in [1.165, 1.54) is 5.56 Å². The fraction of sp³-hybridized carbons (Fsp3) is 0.429. The van der Waals surface area contributed by atoms with Crippen LogP contribution in [0.15, 0.2) is 42.5 Å². The molecule has 15 heavy (non-hydrogen) atoms. The van der Waals surface area contributed by atoms with Crippen molar-refractivity contribution in [2.45, 2.75) is 38.4 Å². The molecule has 1 heterocycles. The summed E-state index contributed by atoms with van der Waals surface area (Å²) < 4.78 is 5.82. The minimum Gasteiger partial charge on any atom is -0.371 e. The Bertz CT molecular complexity index is 315. The second-order valence-electron chi connectivity index (χ2n) is 4.17. The Morgan fingerprint density at radius 1 is 1.27 bits per heavy atom. The first-order valence-corrected chi connectivity index (χ1v) is 5.70. The molecule has 2 rings (SSSR count). The summed E-state index contributed by atoms with van der Waals surface area (Å²) in [6, 6.07) is 10.6. The molecule has 2 atom stereocenters. The number of rotatable bonds is 3. The van der Waals surface area contributed by atoms with Gasteiger partial charge in [0, 0.05) is 0 Å². The molecule has 0 unspecified atom stereocenters. The zero-order chi connectivity index (χ0) is 10.5. The zero-order valence-electron chi connectivity index (χ0n) is 9.23. The summed E-state index contributed by atoms with van der Waals surface area (Å²) in [6.45, 7) is 2.14. The Morgan fingerprint density at radius 3 is 2.80 bits per heavy atom. The van der Waals surface area contributed by atoms with Gasteiger partial charge < -0.3 is 4.74 Å². The largest absolute Gasteiger partial charge is 0.371 e. The van der Waals surface area contributed by atoms with E-state index in [0.717, 1.165) is 19.3 Å². The molecule has 1 aliphatic rings. The lowest BCUT2D eigenvalue weighted by molar-refractivity contribution is 0.0136. The third-order valence-electron chi connectivity index (χ3n) is 2.79. The minimum absolute atomic E-state index is 0.314. The van der Waals surface area contributed by atoms with Gasteiger partial charge in [-0.15, -0.1) is 0 Å². The quantitative estimate of drug-likeness (QED) is 0.683. The molecular weight excluding hydrogens is 184 g/mol. The maximum absolute atomic E-state index is 5.82. The Morgan fingerprint density at radius 2 is 2.07 bits per heavy atom. The van der Waals surface area contributed by atoms with E-state index in [1.807, 2.05) is 0 Å². The minimum atomic E-state index is 0.314. The van der Waals surface area contributed by atoms with Crippen molar-refractivity contribution in [3.63, 3.8) is 0 Å². The van der Waals surface area contributed by atoms with Gasteiger partial charge in [-0.3, -0.25) is 0 Å². The molecule has 0 saturated heterocycles. The van der Waals surface area contributed by atoms with Gasteiger partial charge >= 0.3 is 0 Å². The first-order valence-electron chi connectivity index (χ1n) is 5.70. The number of ether oxygens (including phenoxy) is 1. The summed E-state index contributed by atoms with van der Waals surface area (Å²) in [5.74, 6) is 0. The zero-order valence-corrected chi connectivity index (χ0v) is 9.23. The molecule has 0 spiro atoms. The summed E-state index contributed by atoms with van der Waals surface area (Å²) in [6.07, 6.45) is 8.38. The number of aryl methyl sites for hydroxylation is 1. The standard InChI is InChI=1S/C14H18O/c1-12-6-5-9-14(15-12)11-10-13-7-3-2-4-8-13/h2-5,7-9,12,14H,6,10-11H2,1H3/t12-,14-/m1/s1. The van der Waals surface area contributed by atoms with Crippen LogP contribution in [0.4, 0.5) is 0 Å². The maximum atomic E-state index is 5.82. The second kappa shape index (κ2) is 5.13. The van der Waals surface area contributed by atoms with E-state index in [9.17, 15) is 0 Å². The molecule has 0 bridgehead atoms. The van der Waals surface area contributed by atoms with Crippen LogP contribution >= 0.6 is 0 Å². The van der Waals surface area contributed by atoms with Crippen molar-refractivity contribution in [3.05, 3.63) is 48.0 Å². The van der Waals surface area contributed by atoms with Crippen molar-refractivity contribution in [1.29, 1.82) is 0 Å².